The van der Waals surface area contributed by atoms with Crippen LogP contribution in [-0.2, 0) is 12.3 Å². The molecule has 0 aliphatic rings. The fourth-order valence-electron chi connectivity index (χ4n) is 1.88. The Hall–Kier alpha value is -0.670. The van der Waals surface area contributed by atoms with Crippen LogP contribution in [0.2, 0.25) is 10.0 Å². The number of benzene rings is 2. The van der Waals surface area contributed by atoms with Crippen molar-refractivity contribution in [3.63, 3.8) is 0 Å². The summed E-state index contributed by atoms with van der Waals surface area (Å²) in [6, 6.07) is 14.5. The third kappa shape index (κ3) is 5.55. The predicted molar refractivity (Wildman–Crippen MR) is 94.4 cm³/mol. The van der Waals surface area contributed by atoms with Gasteiger partial charge < -0.3 is 5.32 Å². The summed E-state index contributed by atoms with van der Waals surface area (Å²) in [5.41, 5.74) is 2.51. The van der Waals surface area contributed by atoms with Gasteiger partial charge in [0.05, 0.1) is 0 Å². The van der Waals surface area contributed by atoms with E-state index in [1.807, 2.05) is 36.0 Å². The van der Waals surface area contributed by atoms with Crippen LogP contribution in [0.25, 0.3) is 0 Å². The second kappa shape index (κ2) is 8.09. The van der Waals surface area contributed by atoms with Crippen molar-refractivity contribution in [2.24, 2.45) is 0 Å². The standard InChI is InChI=1S/C17H19Cl2NS/c1-12(2)20-10-14-9-16(19)7-8-17(14)21-11-13-3-5-15(18)6-4-13/h3-9,12,20H,10-11H2,1-2H3. The molecular weight excluding hydrogens is 321 g/mol. The number of halogens is 2. The summed E-state index contributed by atoms with van der Waals surface area (Å²) in [4.78, 5) is 1.27. The highest BCUT2D eigenvalue weighted by atomic mass is 35.5. The smallest absolute Gasteiger partial charge is 0.0410 e. The fourth-order valence-corrected chi connectivity index (χ4v) is 3.20. The molecule has 0 unspecified atom stereocenters. The van der Waals surface area contributed by atoms with E-state index in [4.69, 9.17) is 23.2 Å². The quantitative estimate of drug-likeness (QED) is 0.669. The van der Waals surface area contributed by atoms with Gasteiger partial charge in [-0.15, -0.1) is 11.8 Å². The van der Waals surface area contributed by atoms with Gasteiger partial charge in [-0.2, -0.15) is 0 Å². The Morgan fingerprint density at radius 1 is 1.00 bits per heavy atom. The van der Waals surface area contributed by atoms with Crippen LogP contribution in [0, 0.1) is 0 Å². The van der Waals surface area contributed by atoms with E-state index < -0.39 is 0 Å². The van der Waals surface area contributed by atoms with Crippen LogP contribution < -0.4 is 5.32 Å². The monoisotopic (exact) mass is 339 g/mol. The van der Waals surface area contributed by atoms with E-state index >= 15 is 0 Å². The van der Waals surface area contributed by atoms with E-state index in [0.717, 1.165) is 22.3 Å². The number of hydrogen-bond donors (Lipinski definition) is 1. The Kier molecular flexibility index (Phi) is 6.43. The number of nitrogens with one attached hydrogen (secondary N) is 1. The fraction of sp³-hybridized carbons (Fsp3) is 0.294. The Balaban J connectivity index is 2.06. The van der Waals surface area contributed by atoms with Gasteiger partial charge in [-0.05, 0) is 41.5 Å². The Morgan fingerprint density at radius 2 is 1.67 bits per heavy atom. The highest BCUT2D eigenvalue weighted by Gasteiger charge is 2.06. The average Bonchev–Trinajstić information content (AvgIpc) is 2.45. The highest BCUT2D eigenvalue weighted by Crippen LogP contribution is 2.29. The summed E-state index contributed by atoms with van der Waals surface area (Å²) in [6.07, 6.45) is 0. The Labute approximate surface area is 141 Å². The molecule has 0 atom stereocenters. The summed E-state index contributed by atoms with van der Waals surface area (Å²) >= 11 is 13.9. The van der Waals surface area contributed by atoms with Gasteiger partial charge in [0.2, 0.25) is 0 Å². The second-order valence-electron chi connectivity index (χ2n) is 5.20. The topological polar surface area (TPSA) is 12.0 Å². The van der Waals surface area contributed by atoms with Crippen LogP contribution in [0.5, 0.6) is 0 Å². The van der Waals surface area contributed by atoms with E-state index in [9.17, 15) is 0 Å². The van der Waals surface area contributed by atoms with Gasteiger partial charge in [0, 0.05) is 33.3 Å². The first-order valence-corrected chi connectivity index (χ1v) is 8.68. The molecule has 0 heterocycles. The lowest BCUT2D eigenvalue weighted by Crippen LogP contribution is -2.22. The summed E-state index contributed by atoms with van der Waals surface area (Å²) in [5.74, 6) is 0.924. The molecule has 1 nitrogen and oxygen atoms in total. The Bertz CT molecular complexity index is 582. The molecule has 2 aromatic rings. The van der Waals surface area contributed by atoms with Gasteiger partial charge in [0.15, 0.2) is 0 Å². The van der Waals surface area contributed by atoms with Gasteiger partial charge in [0.1, 0.15) is 0 Å². The minimum atomic E-state index is 0.457. The van der Waals surface area contributed by atoms with Crippen LogP contribution in [-0.4, -0.2) is 6.04 Å². The maximum atomic E-state index is 6.12. The highest BCUT2D eigenvalue weighted by molar-refractivity contribution is 7.98. The van der Waals surface area contributed by atoms with Gasteiger partial charge >= 0.3 is 0 Å². The van der Waals surface area contributed by atoms with E-state index in [1.165, 1.54) is 16.0 Å². The lowest BCUT2D eigenvalue weighted by atomic mass is 10.2. The molecule has 112 valence electrons. The third-order valence-electron chi connectivity index (χ3n) is 3.03. The molecule has 21 heavy (non-hydrogen) atoms. The number of thioether (sulfide) groups is 1. The maximum absolute atomic E-state index is 6.12. The molecule has 2 rings (SSSR count). The van der Waals surface area contributed by atoms with Gasteiger partial charge in [-0.3, -0.25) is 0 Å². The van der Waals surface area contributed by atoms with Crippen molar-refractivity contribution >= 4 is 35.0 Å². The molecule has 0 aliphatic carbocycles. The summed E-state index contributed by atoms with van der Waals surface area (Å²) in [5, 5.41) is 5.00. The molecule has 0 radical (unpaired) electrons. The molecule has 0 fully saturated rings. The Morgan fingerprint density at radius 3 is 2.33 bits per heavy atom. The molecule has 0 saturated heterocycles. The number of hydrogen-bond acceptors (Lipinski definition) is 2. The van der Waals surface area contributed by atoms with E-state index in [0.29, 0.717) is 6.04 Å². The summed E-state index contributed by atoms with van der Waals surface area (Å²) in [7, 11) is 0. The van der Waals surface area contributed by atoms with Crippen molar-refractivity contribution in [3.8, 4) is 0 Å². The van der Waals surface area contributed by atoms with E-state index in [2.05, 4.69) is 37.4 Å². The molecule has 0 aliphatic heterocycles. The second-order valence-corrected chi connectivity index (χ2v) is 7.09. The normalized spacial score (nSPS) is 11.1. The van der Waals surface area contributed by atoms with Crippen molar-refractivity contribution < 1.29 is 0 Å². The van der Waals surface area contributed by atoms with Crippen LogP contribution in [0.4, 0.5) is 0 Å². The SMILES string of the molecule is CC(C)NCc1cc(Cl)ccc1SCc1ccc(Cl)cc1. The summed E-state index contributed by atoms with van der Waals surface area (Å²) < 4.78 is 0. The minimum absolute atomic E-state index is 0.457. The summed E-state index contributed by atoms with van der Waals surface area (Å²) in [6.45, 7) is 5.12. The van der Waals surface area contributed by atoms with Crippen molar-refractivity contribution in [3.05, 3.63) is 63.6 Å². The van der Waals surface area contributed by atoms with Crippen LogP contribution >= 0.6 is 35.0 Å². The maximum Gasteiger partial charge on any atom is 0.0410 e. The zero-order valence-corrected chi connectivity index (χ0v) is 14.5. The minimum Gasteiger partial charge on any atom is -0.310 e. The van der Waals surface area contributed by atoms with Gasteiger partial charge in [0.25, 0.3) is 0 Å². The largest absolute Gasteiger partial charge is 0.310 e. The zero-order chi connectivity index (χ0) is 15.2. The van der Waals surface area contributed by atoms with Crippen molar-refractivity contribution in [1.82, 2.24) is 5.32 Å². The van der Waals surface area contributed by atoms with E-state index in [1.54, 1.807) is 0 Å². The van der Waals surface area contributed by atoms with Gasteiger partial charge in [-0.1, -0.05) is 49.2 Å². The number of rotatable bonds is 6. The molecule has 0 spiro atoms. The molecule has 0 saturated carbocycles. The molecule has 0 amide bonds. The van der Waals surface area contributed by atoms with Crippen molar-refractivity contribution in [2.45, 2.75) is 37.1 Å². The molecule has 2 aromatic carbocycles. The van der Waals surface area contributed by atoms with Gasteiger partial charge in [-0.25, -0.2) is 0 Å². The molecular formula is C17H19Cl2NS. The van der Waals surface area contributed by atoms with Crippen molar-refractivity contribution in [2.75, 3.05) is 0 Å². The predicted octanol–water partition coefficient (Wildman–Crippen LogP) is 5.78. The molecule has 0 aromatic heterocycles. The first-order valence-electron chi connectivity index (χ1n) is 6.93. The molecule has 0 bridgehead atoms. The average molecular weight is 340 g/mol. The van der Waals surface area contributed by atoms with Crippen LogP contribution in [0.3, 0.4) is 0 Å². The third-order valence-corrected chi connectivity index (χ3v) is 4.70. The molecule has 4 heteroatoms. The van der Waals surface area contributed by atoms with E-state index in [-0.39, 0.29) is 0 Å². The first kappa shape index (κ1) is 16.7. The van der Waals surface area contributed by atoms with Crippen LogP contribution in [0.15, 0.2) is 47.4 Å². The first-order chi connectivity index (χ1) is 10.0. The molecule has 1 N–H and O–H groups in total. The lowest BCUT2D eigenvalue weighted by Gasteiger charge is -2.13. The van der Waals surface area contributed by atoms with Crippen LogP contribution in [0.1, 0.15) is 25.0 Å². The zero-order valence-electron chi connectivity index (χ0n) is 12.2. The lowest BCUT2D eigenvalue weighted by molar-refractivity contribution is 0.585. The van der Waals surface area contributed by atoms with Crippen molar-refractivity contribution in [1.29, 1.82) is 0 Å².